The molecule has 1 heterocycles. The highest BCUT2D eigenvalue weighted by molar-refractivity contribution is 6.07. The Balaban J connectivity index is 1.43. The third-order valence-corrected chi connectivity index (χ3v) is 6.01. The first-order valence-electron chi connectivity index (χ1n) is 9.99. The third-order valence-electron chi connectivity index (χ3n) is 6.01. The van der Waals surface area contributed by atoms with Crippen LogP contribution in [0.4, 0.5) is 11.4 Å². The summed E-state index contributed by atoms with van der Waals surface area (Å²) < 4.78 is 5.16. The van der Waals surface area contributed by atoms with Crippen molar-refractivity contribution in [2.75, 3.05) is 17.7 Å². The van der Waals surface area contributed by atoms with Gasteiger partial charge in [-0.2, -0.15) is 0 Å². The zero-order chi connectivity index (χ0) is 19.6. The fraction of sp³-hybridized carbons (Fsp3) is 0.391. The molecule has 4 rings (SSSR count). The first kappa shape index (κ1) is 18.5. The van der Waals surface area contributed by atoms with Crippen LogP contribution in [-0.4, -0.2) is 18.9 Å². The number of nitrogens with one attached hydrogen (secondary N) is 2. The summed E-state index contributed by atoms with van der Waals surface area (Å²) in [7, 11) is 1.64. The van der Waals surface area contributed by atoms with Crippen molar-refractivity contribution in [2.24, 2.45) is 0 Å². The molecule has 2 aromatic rings. The Morgan fingerprint density at radius 1 is 1.11 bits per heavy atom. The minimum Gasteiger partial charge on any atom is -0.497 e. The minimum atomic E-state index is -0.405. The number of carbonyl (C=O) groups excluding carboxylic acids is 2. The van der Waals surface area contributed by atoms with Crippen molar-refractivity contribution in [1.29, 1.82) is 0 Å². The molecule has 2 aromatic carbocycles. The molecular weight excluding hydrogens is 352 g/mol. The highest BCUT2D eigenvalue weighted by Gasteiger charge is 2.47. The van der Waals surface area contributed by atoms with E-state index in [-0.39, 0.29) is 11.8 Å². The van der Waals surface area contributed by atoms with Crippen LogP contribution in [0.1, 0.15) is 49.7 Å². The van der Waals surface area contributed by atoms with Gasteiger partial charge in [0.1, 0.15) is 5.75 Å². The molecule has 1 aliphatic heterocycles. The van der Waals surface area contributed by atoms with Gasteiger partial charge in [0.2, 0.25) is 11.8 Å². The van der Waals surface area contributed by atoms with Gasteiger partial charge < -0.3 is 15.4 Å². The molecule has 0 saturated heterocycles. The van der Waals surface area contributed by atoms with Crippen molar-refractivity contribution >= 4 is 23.2 Å². The lowest BCUT2D eigenvalue weighted by atomic mass is 9.70. The molecule has 0 aromatic heterocycles. The summed E-state index contributed by atoms with van der Waals surface area (Å²) in [4.78, 5) is 25.1. The lowest BCUT2D eigenvalue weighted by Crippen LogP contribution is -2.36. The zero-order valence-corrected chi connectivity index (χ0v) is 16.2. The maximum absolute atomic E-state index is 12.6. The molecule has 146 valence electrons. The summed E-state index contributed by atoms with van der Waals surface area (Å²) in [5.41, 5.74) is 3.39. The molecule has 1 fully saturated rings. The average molecular weight is 378 g/mol. The number of benzene rings is 2. The summed E-state index contributed by atoms with van der Waals surface area (Å²) >= 11 is 0. The third kappa shape index (κ3) is 3.49. The Labute approximate surface area is 165 Å². The van der Waals surface area contributed by atoms with E-state index in [4.69, 9.17) is 4.74 Å². The van der Waals surface area contributed by atoms with Crippen LogP contribution in [-0.2, 0) is 21.4 Å². The number of carbonyl (C=O) groups is 2. The van der Waals surface area contributed by atoms with Gasteiger partial charge in [0, 0.05) is 17.8 Å². The molecule has 2 amide bonds. The minimum absolute atomic E-state index is 0.0225. The molecule has 0 unspecified atom stereocenters. The average Bonchev–Trinajstić information content (AvgIpc) is 2.98. The number of anilines is 2. The second-order valence-electron chi connectivity index (χ2n) is 7.75. The number of aryl methyl sites for hydroxylation is 1. The largest absolute Gasteiger partial charge is 0.497 e. The van der Waals surface area contributed by atoms with Gasteiger partial charge in [-0.05, 0) is 60.7 Å². The van der Waals surface area contributed by atoms with E-state index >= 15 is 0 Å². The maximum atomic E-state index is 12.6. The summed E-state index contributed by atoms with van der Waals surface area (Å²) in [5, 5.41) is 6.03. The van der Waals surface area contributed by atoms with E-state index in [0.717, 1.165) is 53.9 Å². The smallest absolute Gasteiger partial charge is 0.235 e. The highest BCUT2D eigenvalue weighted by atomic mass is 16.5. The molecule has 2 aliphatic rings. The van der Waals surface area contributed by atoms with Crippen LogP contribution in [0.3, 0.4) is 0 Å². The number of methoxy groups -OCH3 is 1. The predicted octanol–water partition coefficient (Wildman–Crippen LogP) is 4.42. The summed E-state index contributed by atoms with van der Waals surface area (Å²) in [6.45, 7) is 0. The van der Waals surface area contributed by atoms with Crippen LogP contribution in [0.15, 0.2) is 42.5 Å². The van der Waals surface area contributed by atoms with Crippen molar-refractivity contribution in [1.82, 2.24) is 0 Å². The van der Waals surface area contributed by atoms with Crippen LogP contribution in [0.2, 0.25) is 0 Å². The van der Waals surface area contributed by atoms with Gasteiger partial charge in [0.15, 0.2) is 0 Å². The molecule has 5 heteroatoms. The number of rotatable bonds is 5. The first-order valence-corrected chi connectivity index (χ1v) is 9.99. The normalized spacial score (nSPS) is 17.1. The van der Waals surface area contributed by atoms with Crippen molar-refractivity contribution < 1.29 is 14.3 Å². The summed E-state index contributed by atoms with van der Waals surface area (Å²) in [6.07, 6.45) is 6.20. The fourth-order valence-electron chi connectivity index (χ4n) is 4.42. The van der Waals surface area contributed by atoms with Gasteiger partial charge in [0.25, 0.3) is 0 Å². The standard InChI is InChI=1S/C23H26N2O3/c1-28-18-9-5-16(6-10-18)7-12-21(26)24-17-8-11-20-19(15-17)23(22(27)25-20)13-3-2-4-14-23/h5-6,8-11,15H,2-4,7,12-14H2,1H3,(H,24,26)(H,25,27). The number of fused-ring (bicyclic) bond motifs is 2. The van der Waals surface area contributed by atoms with Gasteiger partial charge in [0.05, 0.1) is 12.5 Å². The number of hydrogen-bond acceptors (Lipinski definition) is 3. The van der Waals surface area contributed by atoms with Gasteiger partial charge in [-0.3, -0.25) is 9.59 Å². The molecule has 2 N–H and O–H groups in total. The Morgan fingerprint density at radius 3 is 2.57 bits per heavy atom. The SMILES string of the molecule is COc1ccc(CCC(=O)Nc2ccc3c(c2)C2(CCCCC2)C(=O)N3)cc1. The molecule has 0 bridgehead atoms. The van der Waals surface area contributed by atoms with E-state index < -0.39 is 5.41 Å². The van der Waals surface area contributed by atoms with Crippen LogP contribution >= 0.6 is 0 Å². The maximum Gasteiger partial charge on any atom is 0.235 e. The lowest BCUT2D eigenvalue weighted by Gasteiger charge is -2.31. The summed E-state index contributed by atoms with van der Waals surface area (Å²) in [6, 6.07) is 13.5. The van der Waals surface area contributed by atoms with Crippen LogP contribution < -0.4 is 15.4 Å². The molecule has 1 saturated carbocycles. The Kier molecular flexibility index (Phi) is 5.07. The van der Waals surface area contributed by atoms with E-state index in [1.807, 2.05) is 42.5 Å². The number of ether oxygens (including phenoxy) is 1. The topological polar surface area (TPSA) is 67.4 Å². The molecular formula is C23H26N2O3. The predicted molar refractivity (Wildman–Crippen MR) is 110 cm³/mol. The molecule has 1 aliphatic carbocycles. The van der Waals surface area contributed by atoms with Crippen molar-refractivity contribution in [3.05, 3.63) is 53.6 Å². The fourth-order valence-corrected chi connectivity index (χ4v) is 4.42. The quantitative estimate of drug-likeness (QED) is 0.809. The van der Waals surface area contributed by atoms with Crippen LogP contribution in [0.5, 0.6) is 5.75 Å². The van der Waals surface area contributed by atoms with Gasteiger partial charge >= 0.3 is 0 Å². The molecule has 28 heavy (non-hydrogen) atoms. The van der Waals surface area contributed by atoms with Crippen molar-refractivity contribution in [3.63, 3.8) is 0 Å². The van der Waals surface area contributed by atoms with E-state index in [0.29, 0.717) is 12.8 Å². The van der Waals surface area contributed by atoms with E-state index in [2.05, 4.69) is 10.6 Å². The van der Waals surface area contributed by atoms with E-state index in [1.54, 1.807) is 7.11 Å². The lowest BCUT2D eigenvalue weighted by molar-refractivity contribution is -0.122. The Bertz CT molecular complexity index is 883. The van der Waals surface area contributed by atoms with Crippen molar-refractivity contribution in [2.45, 2.75) is 50.4 Å². The van der Waals surface area contributed by atoms with Gasteiger partial charge in [-0.1, -0.05) is 31.4 Å². The second kappa shape index (κ2) is 7.66. The van der Waals surface area contributed by atoms with Crippen LogP contribution in [0, 0.1) is 0 Å². The molecule has 1 spiro atoms. The van der Waals surface area contributed by atoms with Gasteiger partial charge in [-0.15, -0.1) is 0 Å². The van der Waals surface area contributed by atoms with Gasteiger partial charge in [-0.25, -0.2) is 0 Å². The van der Waals surface area contributed by atoms with Crippen LogP contribution in [0.25, 0.3) is 0 Å². The second-order valence-corrected chi connectivity index (χ2v) is 7.75. The Morgan fingerprint density at radius 2 is 1.86 bits per heavy atom. The first-order chi connectivity index (χ1) is 13.6. The summed E-state index contributed by atoms with van der Waals surface area (Å²) in [5.74, 6) is 0.905. The highest BCUT2D eigenvalue weighted by Crippen LogP contribution is 2.48. The Hall–Kier alpha value is -2.82. The monoisotopic (exact) mass is 378 g/mol. The number of amides is 2. The number of hydrogen-bond donors (Lipinski definition) is 2. The van der Waals surface area contributed by atoms with Crippen molar-refractivity contribution in [3.8, 4) is 5.75 Å². The van der Waals surface area contributed by atoms with E-state index in [1.165, 1.54) is 6.42 Å². The molecule has 0 radical (unpaired) electrons. The molecule has 5 nitrogen and oxygen atoms in total. The zero-order valence-electron chi connectivity index (χ0n) is 16.2. The molecule has 0 atom stereocenters. The van der Waals surface area contributed by atoms with E-state index in [9.17, 15) is 9.59 Å².